The van der Waals surface area contributed by atoms with Crippen molar-refractivity contribution in [2.75, 3.05) is 0 Å². The lowest BCUT2D eigenvalue weighted by Crippen LogP contribution is -2.38. The lowest BCUT2D eigenvalue weighted by Gasteiger charge is -2.15. The van der Waals surface area contributed by atoms with Crippen LogP contribution >= 0.6 is 0 Å². The quantitative estimate of drug-likeness (QED) is 0.532. The van der Waals surface area contributed by atoms with Crippen LogP contribution in [0.4, 0.5) is 0 Å². The highest BCUT2D eigenvalue weighted by molar-refractivity contribution is 5.91. The molecule has 0 aliphatic heterocycles. The summed E-state index contributed by atoms with van der Waals surface area (Å²) in [7, 11) is 1.56. The van der Waals surface area contributed by atoms with Gasteiger partial charge in [0, 0.05) is 37.9 Å². The summed E-state index contributed by atoms with van der Waals surface area (Å²) < 4.78 is 5.09. The summed E-state index contributed by atoms with van der Waals surface area (Å²) in [6, 6.07) is 13.1. The summed E-state index contributed by atoms with van der Waals surface area (Å²) in [5, 5.41) is 3.28. The minimum absolute atomic E-state index is 0.0390. The Morgan fingerprint density at radius 3 is 2.62 bits per heavy atom. The molecule has 1 aliphatic carbocycles. The van der Waals surface area contributed by atoms with E-state index in [1.807, 2.05) is 19.3 Å². The third-order valence-corrected chi connectivity index (χ3v) is 6.54. The molecule has 1 aliphatic rings. The first-order chi connectivity index (χ1) is 14.0. The second-order valence-electron chi connectivity index (χ2n) is 8.29. The van der Waals surface area contributed by atoms with Crippen molar-refractivity contribution in [3.8, 4) is 0 Å². The first kappa shape index (κ1) is 18.0. The predicted molar refractivity (Wildman–Crippen MR) is 117 cm³/mol. The maximum Gasteiger partial charge on any atom is 0.331 e. The molecule has 148 valence electrons. The summed E-state index contributed by atoms with van der Waals surface area (Å²) in [6.07, 6.45) is 5.73. The Morgan fingerprint density at radius 1 is 1.10 bits per heavy atom. The van der Waals surface area contributed by atoms with Crippen molar-refractivity contribution < 1.29 is 0 Å². The fourth-order valence-corrected chi connectivity index (χ4v) is 4.85. The Hall–Kier alpha value is -3.08. The van der Waals surface area contributed by atoms with Crippen molar-refractivity contribution in [3.63, 3.8) is 0 Å². The van der Waals surface area contributed by atoms with Gasteiger partial charge in [-0.05, 0) is 41.7 Å². The van der Waals surface area contributed by atoms with E-state index in [1.54, 1.807) is 11.6 Å². The number of hydrogen-bond acceptors (Lipinski definition) is 2. The van der Waals surface area contributed by atoms with Gasteiger partial charge in [0.15, 0.2) is 0 Å². The van der Waals surface area contributed by atoms with E-state index in [2.05, 4.69) is 47.9 Å². The molecule has 29 heavy (non-hydrogen) atoms. The Bertz CT molecular complexity index is 1370. The summed E-state index contributed by atoms with van der Waals surface area (Å²) in [5.74, 6) is 0.366. The van der Waals surface area contributed by atoms with Gasteiger partial charge in [-0.25, -0.2) is 4.79 Å². The monoisotopic (exact) mass is 387 g/mol. The van der Waals surface area contributed by atoms with E-state index in [1.165, 1.54) is 26.5 Å². The molecule has 5 heteroatoms. The Balaban J connectivity index is 1.61. The first-order valence-electron chi connectivity index (χ1n) is 10.3. The van der Waals surface area contributed by atoms with Crippen LogP contribution < -0.4 is 11.2 Å². The molecule has 4 aromatic rings. The maximum atomic E-state index is 12.7. The molecule has 5 nitrogen and oxygen atoms in total. The first-order valence-corrected chi connectivity index (χ1v) is 10.3. The van der Waals surface area contributed by atoms with Crippen LogP contribution in [0.3, 0.4) is 0 Å². The van der Waals surface area contributed by atoms with Crippen LogP contribution in [-0.4, -0.2) is 13.7 Å². The highest BCUT2D eigenvalue weighted by atomic mass is 16.2. The van der Waals surface area contributed by atoms with Gasteiger partial charge in [0.05, 0.1) is 10.9 Å². The molecule has 0 N–H and O–H groups in total. The molecule has 2 heterocycles. The van der Waals surface area contributed by atoms with Gasteiger partial charge in [-0.15, -0.1) is 0 Å². The molecule has 0 fully saturated rings. The number of hydrogen-bond donors (Lipinski definition) is 0. The molecule has 5 rings (SSSR count). The third-order valence-electron chi connectivity index (χ3n) is 6.54. The Kier molecular flexibility index (Phi) is 4.02. The molecule has 0 bridgehead atoms. The third kappa shape index (κ3) is 2.60. The summed E-state index contributed by atoms with van der Waals surface area (Å²) in [6.45, 7) is 4.87. The van der Waals surface area contributed by atoms with Gasteiger partial charge in [0.2, 0.25) is 0 Å². The molecule has 0 spiro atoms. The second kappa shape index (κ2) is 6.48. The molecular formula is C24H25N3O2. The molecule has 2 aromatic carbocycles. The van der Waals surface area contributed by atoms with Crippen molar-refractivity contribution >= 4 is 21.7 Å². The van der Waals surface area contributed by atoms with Crippen molar-refractivity contribution in [3.05, 3.63) is 80.8 Å². The molecule has 2 aromatic heterocycles. The van der Waals surface area contributed by atoms with Gasteiger partial charge in [0.25, 0.3) is 5.56 Å². The molecule has 0 unspecified atom stereocenters. The average molecular weight is 387 g/mol. The van der Waals surface area contributed by atoms with E-state index >= 15 is 0 Å². The minimum atomic E-state index is -0.243. The van der Waals surface area contributed by atoms with Gasteiger partial charge < -0.3 is 4.57 Å². The number of benzene rings is 2. The van der Waals surface area contributed by atoms with Crippen LogP contribution in [0, 0.1) is 0 Å². The van der Waals surface area contributed by atoms with E-state index in [-0.39, 0.29) is 17.3 Å². The number of fused-ring (bicyclic) bond motifs is 1. The largest absolute Gasteiger partial charge is 0.351 e. The number of nitrogens with zero attached hydrogens (tertiary/aromatic N) is 3. The normalized spacial score (nSPS) is 16.7. The van der Waals surface area contributed by atoms with E-state index in [0.29, 0.717) is 11.3 Å². The summed E-state index contributed by atoms with van der Waals surface area (Å²) >= 11 is 0. The lowest BCUT2D eigenvalue weighted by molar-refractivity contribution is 0.502. The van der Waals surface area contributed by atoms with Gasteiger partial charge >= 0.3 is 5.69 Å². The number of aromatic nitrogens is 3. The number of rotatable bonds is 4. The molecule has 0 saturated heterocycles. The fourth-order valence-electron chi connectivity index (χ4n) is 4.85. The highest BCUT2D eigenvalue weighted by Gasteiger charge is 2.25. The van der Waals surface area contributed by atoms with Crippen LogP contribution in [0.5, 0.6) is 0 Å². The predicted octanol–water partition coefficient (Wildman–Crippen LogP) is 3.97. The second-order valence-corrected chi connectivity index (χ2v) is 8.29. The molecular weight excluding hydrogens is 362 g/mol. The zero-order valence-electron chi connectivity index (χ0n) is 17.1. The van der Waals surface area contributed by atoms with Crippen molar-refractivity contribution in [1.82, 2.24) is 13.7 Å². The van der Waals surface area contributed by atoms with Crippen LogP contribution in [-0.2, 0) is 20.0 Å². The van der Waals surface area contributed by atoms with E-state index in [0.717, 1.165) is 24.9 Å². The van der Waals surface area contributed by atoms with Crippen LogP contribution in [0.15, 0.2) is 58.4 Å². The van der Waals surface area contributed by atoms with Crippen molar-refractivity contribution in [2.24, 2.45) is 7.05 Å². The summed E-state index contributed by atoms with van der Waals surface area (Å²) in [5.41, 5.74) is 3.05. The SMILES string of the molecule is CC[C@H](C)n1c(=O)n(C)c(=O)c2cn(C[C@@H]3Cc4cccc5cccc3c45)cc21. The maximum absolute atomic E-state index is 12.7. The molecule has 0 radical (unpaired) electrons. The minimum Gasteiger partial charge on any atom is -0.351 e. The average Bonchev–Trinajstić information content (AvgIpc) is 3.30. The van der Waals surface area contributed by atoms with Crippen molar-refractivity contribution in [1.29, 1.82) is 0 Å². The van der Waals surface area contributed by atoms with Gasteiger partial charge in [0.1, 0.15) is 0 Å². The fraction of sp³-hybridized carbons (Fsp3) is 0.333. The zero-order chi connectivity index (χ0) is 20.3. The Morgan fingerprint density at radius 2 is 1.86 bits per heavy atom. The topological polar surface area (TPSA) is 48.9 Å². The zero-order valence-corrected chi connectivity index (χ0v) is 17.1. The Labute approximate surface area is 168 Å². The molecule has 2 atom stereocenters. The smallest absolute Gasteiger partial charge is 0.331 e. The lowest BCUT2D eigenvalue weighted by atomic mass is 10.00. The van der Waals surface area contributed by atoms with Gasteiger partial charge in [-0.1, -0.05) is 43.3 Å². The molecule has 0 amide bonds. The van der Waals surface area contributed by atoms with Gasteiger partial charge in [-0.3, -0.25) is 13.9 Å². The standard InChI is InChI=1S/C24H25N3O2/c1-4-15(2)27-21-14-26(13-20(21)23(28)25(3)24(27)29)12-18-11-17-9-5-7-16-8-6-10-19(18)22(16)17/h5-10,13-15,18H,4,11-12H2,1-3H3/t15-,18-/m0/s1. The van der Waals surface area contributed by atoms with Crippen LogP contribution in [0.25, 0.3) is 21.7 Å². The van der Waals surface area contributed by atoms with Crippen LogP contribution in [0.2, 0.25) is 0 Å². The van der Waals surface area contributed by atoms with E-state index < -0.39 is 0 Å². The molecule has 0 saturated carbocycles. The summed E-state index contributed by atoms with van der Waals surface area (Å²) in [4.78, 5) is 25.5. The van der Waals surface area contributed by atoms with Crippen LogP contribution in [0.1, 0.15) is 43.4 Å². The highest BCUT2D eigenvalue weighted by Crippen LogP contribution is 2.39. The van der Waals surface area contributed by atoms with Crippen molar-refractivity contribution in [2.45, 2.75) is 45.2 Å². The van der Waals surface area contributed by atoms with E-state index in [4.69, 9.17) is 0 Å². The van der Waals surface area contributed by atoms with E-state index in [9.17, 15) is 9.59 Å². The van der Waals surface area contributed by atoms with Gasteiger partial charge in [-0.2, -0.15) is 0 Å².